The molecule has 0 amide bonds. The van der Waals surface area contributed by atoms with Crippen molar-refractivity contribution >= 4 is 5.82 Å². The fraction of sp³-hybridized carbons (Fsp3) is 0.615. The summed E-state index contributed by atoms with van der Waals surface area (Å²) in [6, 6.07) is 0.629. The molecule has 2 rings (SSSR count). The lowest BCUT2D eigenvalue weighted by atomic mass is 9.83. The van der Waals surface area contributed by atoms with E-state index >= 15 is 0 Å². The maximum absolute atomic E-state index is 13.5. The average Bonchev–Trinajstić information content (AvgIpc) is 2.36. The fourth-order valence-corrected chi connectivity index (χ4v) is 2.61. The van der Waals surface area contributed by atoms with Gasteiger partial charge in [-0.2, -0.15) is 9.37 Å². The largest absolute Gasteiger partial charge is 0.365 e. The topological polar surface area (TPSA) is 24.9 Å². The number of anilines is 1. The van der Waals surface area contributed by atoms with Gasteiger partial charge in [0.25, 0.3) is 5.95 Å². The molecule has 2 nitrogen and oxygen atoms in total. The maximum Gasteiger partial charge on any atom is 0.251 e. The molecule has 1 fully saturated rings. The minimum atomic E-state index is -1.26. The summed E-state index contributed by atoms with van der Waals surface area (Å²) in [7, 11) is 0. The van der Waals surface area contributed by atoms with E-state index in [9.17, 15) is 13.2 Å². The minimum absolute atomic E-state index is 0.0932. The Labute approximate surface area is 105 Å². The molecule has 1 aromatic rings. The van der Waals surface area contributed by atoms with Crippen molar-refractivity contribution in [2.45, 2.75) is 45.1 Å². The van der Waals surface area contributed by atoms with Crippen LogP contribution in [0.2, 0.25) is 0 Å². The maximum atomic E-state index is 13.5. The molecule has 0 aliphatic heterocycles. The minimum Gasteiger partial charge on any atom is -0.365 e. The van der Waals surface area contributed by atoms with Crippen molar-refractivity contribution < 1.29 is 13.2 Å². The number of hydrogen-bond donors (Lipinski definition) is 1. The van der Waals surface area contributed by atoms with E-state index in [2.05, 4.69) is 17.2 Å². The molecule has 5 heteroatoms. The van der Waals surface area contributed by atoms with Crippen LogP contribution < -0.4 is 5.32 Å². The Hall–Kier alpha value is -1.26. The molecule has 1 saturated carbocycles. The van der Waals surface area contributed by atoms with Crippen LogP contribution in [0.1, 0.15) is 39.0 Å². The van der Waals surface area contributed by atoms with Gasteiger partial charge in [0.15, 0.2) is 17.5 Å². The molecule has 2 atom stereocenters. The third kappa shape index (κ3) is 2.76. The third-order valence-electron chi connectivity index (χ3n) is 3.64. The molecule has 1 aromatic heterocycles. The lowest BCUT2D eigenvalue weighted by Crippen LogP contribution is -2.32. The third-order valence-corrected chi connectivity index (χ3v) is 3.64. The van der Waals surface area contributed by atoms with Gasteiger partial charge in [-0.1, -0.05) is 26.2 Å². The molecule has 0 saturated heterocycles. The standard InChI is InChI=1S/C13H17F3N2/c1-2-8-5-3-4-6-11(8)17-13-10(15)7-9(14)12(16)18-13/h7-8,11H,2-6H2,1H3,(H,17,18). The van der Waals surface area contributed by atoms with Crippen molar-refractivity contribution in [3.63, 3.8) is 0 Å². The molecule has 0 aromatic carbocycles. The van der Waals surface area contributed by atoms with E-state index in [0.29, 0.717) is 12.0 Å². The number of pyridine rings is 1. The zero-order chi connectivity index (χ0) is 13.1. The second-order valence-electron chi connectivity index (χ2n) is 4.80. The molecule has 18 heavy (non-hydrogen) atoms. The first-order chi connectivity index (χ1) is 8.61. The molecule has 1 heterocycles. The van der Waals surface area contributed by atoms with Gasteiger partial charge in [0.05, 0.1) is 0 Å². The zero-order valence-corrected chi connectivity index (χ0v) is 10.3. The number of hydrogen-bond acceptors (Lipinski definition) is 2. The summed E-state index contributed by atoms with van der Waals surface area (Å²) < 4.78 is 39.3. The molecule has 1 aliphatic carbocycles. The van der Waals surface area contributed by atoms with Gasteiger partial charge < -0.3 is 5.32 Å². The van der Waals surface area contributed by atoms with Crippen LogP contribution in [-0.4, -0.2) is 11.0 Å². The molecule has 100 valence electrons. The van der Waals surface area contributed by atoms with Gasteiger partial charge >= 0.3 is 0 Å². The van der Waals surface area contributed by atoms with E-state index in [0.717, 1.165) is 25.7 Å². The number of rotatable bonds is 3. The summed E-state index contributed by atoms with van der Waals surface area (Å²) in [5.41, 5.74) is 0. The summed E-state index contributed by atoms with van der Waals surface area (Å²) in [5, 5.41) is 2.93. The van der Waals surface area contributed by atoms with E-state index in [-0.39, 0.29) is 11.9 Å². The predicted octanol–water partition coefficient (Wildman–Crippen LogP) is 3.88. The smallest absolute Gasteiger partial charge is 0.251 e. The van der Waals surface area contributed by atoms with Crippen LogP contribution in [0.5, 0.6) is 0 Å². The molecule has 1 aliphatic rings. The van der Waals surface area contributed by atoms with Crippen molar-refractivity contribution in [3.05, 3.63) is 23.6 Å². The fourth-order valence-electron chi connectivity index (χ4n) is 2.61. The van der Waals surface area contributed by atoms with E-state index < -0.39 is 17.6 Å². The van der Waals surface area contributed by atoms with Crippen LogP contribution in [0.4, 0.5) is 19.0 Å². The highest BCUT2D eigenvalue weighted by Crippen LogP contribution is 2.29. The van der Waals surface area contributed by atoms with Gasteiger partial charge in [-0.3, -0.25) is 0 Å². The molecule has 1 N–H and O–H groups in total. The van der Waals surface area contributed by atoms with Gasteiger partial charge in [-0.25, -0.2) is 8.78 Å². The van der Waals surface area contributed by atoms with Crippen molar-refractivity contribution in [3.8, 4) is 0 Å². The molecular formula is C13H17F3N2. The first kappa shape index (κ1) is 13.2. The second-order valence-corrected chi connectivity index (χ2v) is 4.80. The van der Waals surface area contributed by atoms with Crippen molar-refractivity contribution in [2.75, 3.05) is 5.32 Å². The van der Waals surface area contributed by atoms with Gasteiger partial charge in [-0.05, 0) is 18.8 Å². The monoisotopic (exact) mass is 258 g/mol. The van der Waals surface area contributed by atoms with Crippen LogP contribution in [0, 0.1) is 23.5 Å². The van der Waals surface area contributed by atoms with Crippen LogP contribution in [0.25, 0.3) is 0 Å². The Morgan fingerprint density at radius 2 is 1.94 bits per heavy atom. The Kier molecular flexibility index (Phi) is 4.09. The zero-order valence-electron chi connectivity index (χ0n) is 10.3. The van der Waals surface area contributed by atoms with E-state index in [1.54, 1.807) is 0 Å². The Bertz CT molecular complexity index is 423. The Morgan fingerprint density at radius 1 is 1.22 bits per heavy atom. The first-order valence-electron chi connectivity index (χ1n) is 6.40. The van der Waals surface area contributed by atoms with Crippen LogP contribution >= 0.6 is 0 Å². The molecular weight excluding hydrogens is 241 g/mol. The van der Waals surface area contributed by atoms with E-state index in [4.69, 9.17) is 0 Å². The highest BCUT2D eigenvalue weighted by atomic mass is 19.2. The lowest BCUT2D eigenvalue weighted by Gasteiger charge is -2.31. The summed E-state index contributed by atoms with van der Waals surface area (Å²) in [6.07, 6.45) is 5.23. The van der Waals surface area contributed by atoms with Crippen molar-refractivity contribution in [1.82, 2.24) is 4.98 Å². The van der Waals surface area contributed by atoms with Crippen LogP contribution in [-0.2, 0) is 0 Å². The normalized spacial score (nSPS) is 24.0. The summed E-state index contributed by atoms with van der Waals surface area (Å²) in [4.78, 5) is 3.31. The lowest BCUT2D eigenvalue weighted by molar-refractivity contribution is 0.315. The Balaban J connectivity index is 2.15. The van der Waals surface area contributed by atoms with Gasteiger partial charge in [0.1, 0.15) is 0 Å². The van der Waals surface area contributed by atoms with Gasteiger partial charge in [-0.15, -0.1) is 0 Å². The summed E-state index contributed by atoms with van der Waals surface area (Å²) >= 11 is 0. The summed E-state index contributed by atoms with van der Waals surface area (Å²) in [5.74, 6) is -3.10. The summed E-state index contributed by atoms with van der Waals surface area (Å²) in [6.45, 7) is 2.08. The van der Waals surface area contributed by atoms with Gasteiger partial charge in [0, 0.05) is 12.1 Å². The predicted molar refractivity (Wildman–Crippen MR) is 63.8 cm³/mol. The van der Waals surface area contributed by atoms with Crippen molar-refractivity contribution in [2.24, 2.45) is 5.92 Å². The highest BCUT2D eigenvalue weighted by Gasteiger charge is 2.25. The molecule has 0 bridgehead atoms. The quantitative estimate of drug-likeness (QED) is 0.832. The van der Waals surface area contributed by atoms with Crippen LogP contribution in [0.3, 0.4) is 0 Å². The first-order valence-corrected chi connectivity index (χ1v) is 6.40. The van der Waals surface area contributed by atoms with Crippen LogP contribution in [0.15, 0.2) is 6.07 Å². The van der Waals surface area contributed by atoms with Gasteiger partial charge in [0.2, 0.25) is 0 Å². The van der Waals surface area contributed by atoms with Crippen molar-refractivity contribution in [1.29, 1.82) is 0 Å². The SMILES string of the molecule is CCC1CCCCC1Nc1nc(F)c(F)cc1F. The second kappa shape index (κ2) is 5.59. The van der Waals surface area contributed by atoms with E-state index in [1.807, 2.05) is 0 Å². The number of nitrogens with one attached hydrogen (secondary N) is 1. The molecule has 0 radical (unpaired) electrons. The highest BCUT2D eigenvalue weighted by molar-refractivity contribution is 5.37. The number of nitrogens with zero attached hydrogens (tertiary/aromatic N) is 1. The average molecular weight is 258 g/mol. The molecule has 2 unspecified atom stereocenters. The number of halogens is 3. The number of aromatic nitrogens is 1. The van der Waals surface area contributed by atoms with E-state index in [1.165, 1.54) is 6.42 Å². The Morgan fingerprint density at radius 3 is 2.67 bits per heavy atom. The molecule has 0 spiro atoms.